The standard InChI is InChI=1S/C13H19FN2O2/c1-8(2)12(13(15)18)16-7-11(17)9-3-5-10(14)6-4-9/h3-6,8,11-12,16-17H,7H2,1-2H3,(H2,15,18). The van der Waals surface area contributed by atoms with Gasteiger partial charge in [0.15, 0.2) is 0 Å². The van der Waals surface area contributed by atoms with E-state index in [-0.39, 0.29) is 18.3 Å². The van der Waals surface area contributed by atoms with Gasteiger partial charge >= 0.3 is 0 Å². The molecule has 1 rings (SSSR count). The Morgan fingerprint density at radius 3 is 2.39 bits per heavy atom. The van der Waals surface area contributed by atoms with Gasteiger partial charge in [-0.2, -0.15) is 0 Å². The minimum atomic E-state index is -0.800. The number of amides is 1. The molecule has 1 amide bonds. The Morgan fingerprint density at radius 2 is 1.94 bits per heavy atom. The highest BCUT2D eigenvalue weighted by Gasteiger charge is 2.20. The Bertz CT molecular complexity index is 392. The lowest BCUT2D eigenvalue weighted by Gasteiger charge is -2.21. The first kappa shape index (κ1) is 14.6. The van der Waals surface area contributed by atoms with Gasteiger partial charge in [0.25, 0.3) is 0 Å². The normalized spacial score (nSPS) is 14.5. The van der Waals surface area contributed by atoms with Crippen LogP contribution in [0.3, 0.4) is 0 Å². The zero-order valence-corrected chi connectivity index (χ0v) is 10.6. The summed E-state index contributed by atoms with van der Waals surface area (Å²) < 4.78 is 12.7. The molecule has 0 aromatic heterocycles. The van der Waals surface area contributed by atoms with Gasteiger partial charge in [-0.25, -0.2) is 4.39 Å². The number of hydrogen-bond donors (Lipinski definition) is 3. The number of carbonyl (C=O) groups is 1. The van der Waals surface area contributed by atoms with Crippen molar-refractivity contribution in [2.24, 2.45) is 11.7 Å². The maximum absolute atomic E-state index is 12.7. The number of hydrogen-bond acceptors (Lipinski definition) is 3. The number of nitrogens with two attached hydrogens (primary N) is 1. The van der Waals surface area contributed by atoms with Crippen molar-refractivity contribution in [1.29, 1.82) is 0 Å². The van der Waals surface area contributed by atoms with E-state index in [1.165, 1.54) is 24.3 Å². The molecule has 0 aliphatic carbocycles. The summed E-state index contributed by atoms with van der Waals surface area (Å²) in [6.45, 7) is 3.93. The molecule has 0 fully saturated rings. The molecule has 0 saturated heterocycles. The van der Waals surface area contributed by atoms with Gasteiger partial charge in [-0.15, -0.1) is 0 Å². The van der Waals surface area contributed by atoms with Gasteiger partial charge in [0.2, 0.25) is 5.91 Å². The van der Waals surface area contributed by atoms with Gasteiger partial charge in [-0.3, -0.25) is 4.79 Å². The third kappa shape index (κ3) is 4.09. The molecule has 0 spiro atoms. The van der Waals surface area contributed by atoms with Crippen molar-refractivity contribution in [2.75, 3.05) is 6.54 Å². The van der Waals surface area contributed by atoms with Crippen molar-refractivity contribution < 1.29 is 14.3 Å². The first-order valence-electron chi connectivity index (χ1n) is 5.88. The van der Waals surface area contributed by atoms with Gasteiger partial charge in [0.1, 0.15) is 5.82 Å². The van der Waals surface area contributed by atoms with Crippen LogP contribution < -0.4 is 11.1 Å². The minimum absolute atomic E-state index is 0.0444. The highest BCUT2D eigenvalue weighted by molar-refractivity contribution is 5.80. The molecule has 0 radical (unpaired) electrons. The van der Waals surface area contributed by atoms with E-state index in [1.54, 1.807) is 0 Å². The number of halogens is 1. The second kappa shape index (κ2) is 6.47. The molecule has 2 atom stereocenters. The second-order valence-corrected chi connectivity index (χ2v) is 4.60. The van der Waals surface area contributed by atoms with Crippen LogP contribution in [0.25, 0.3) is 0 Å². The summed E-state index contributed by atoms with van der Waals surface area (Å²) in [5.41, 5.74) is 5.84. The molecule has 18 heavy (non-hydrogen) atoms. The molecule has 0 bridgehead atoms. The van der Waals surface area contributed by atoms with Crippen molar-refractivity contribution >= 4 is 5.91 Å². The highest BCUT2D eigenvalue weighted by Crippen LogP contribution is 2.13. The fourth-order valence-corrected chi connectivity index (χ4v) is 1.71. The van der Waals surface area contributed by atoms with Crippen LogP contribution in [0.15, 0.2) is 24.3 Å². The van der Waals surface area contributed by atoms with Gasteiger partial charge < -0.3 is 16.2 Å². The molecular formula is C13H19FN2O2. The van der Waals surface area contributed by atoms with Crippen LogP contribution in [0.2, 0.25) is 0 Å². The molecule has 0 saturated carbocycles. The van der Waals surface area contributed by atoms with E-state index in [2.05, 4.69) is 5.32 Å². The van der Waals surface area contributed by atoms with Crippen molar-refractivity contribution in [2.45, 2.75) is 26.0 Å². The molecule has 0 aliphatic rings. The molecule has 4 nitrogen and oxygen atoms in total. The first-order valence-corrected chi connectivity index (χ1v) is 5.88. The van der Waals surface area contributed by atoms with Crippen LogP contribution in [-0.2, 0) is 4.79 Å². The molecular weight excluding hydrogens is 235 g/mol. The largest absolute Gasteiger partial charge is 0.387 e. The topological polar surface area (TPSA) is 75.3 Å². The van der Waals surface area contributed by atoms with Crippen LogP contribution in [0.4, 0.5) is 4.39 Å². The number of rotatable bonds is 6. The van der Waals surface area contributed by atoms with Crippen LogP contribution in [0.1, 0.15) is 25.5 Å². The molecule has 100 valence electrons. The van der Waals surface area contributed by atoms with Crippen LogP contribution in [0.5, 0.6) is 0 Å². The van der Waals surface area contributed by atoms with E-state index in [4.69, 9.17) is 5.73 Å². The summed E-state index contributed by atoms with van der Waals surface area (Å²) in [5, 5.41) is 12.8. The molecule has 1 aromatic carbocycles. The molecule has 5 heteroatoms. The number of aliphatic hydroxyl groups is 1. The molecule has 1 aromatic rings. The lowest BCUT2D eigenvalue weighted by Crippen LogP contribution is -2.46. The molecule has 4 N–H and O–H groups in total. The number of carbonyl (C=O) groups excluding carboxylic acids is 1. The average molecular weight is 254 g/mol. The quantitative estimate of drug-likeness (QED) is 0.707. The zero-order valence-electron chi connectivity index (χ0n) is 10.6. The van der Waals surface area contributed by atoms with E-state index in [0.717, 1.165) is 0 Å². The fraction of sp³-hybridized carbons (Fsp3) is 0.462. The SMILES string of the molecule is CC(C)C(NCC(O)c1ccc(F)cc1)C(N)=O. The van der Waals surface area contributed by atoms with Gasteiger partial charge in [0, 0.05) is 6.54 Å². The van der Waals surface area contributed by atoms with E-state index >= 15 is 0 Å². The van der Waals surface area contributed by atoms with E-state index in [1.807, 2.05) is 13.8 Å². The van der Waals surface area contributed by atoms with Gasteiger partial charge in [0.05, 0.1) is 12.1 Å². The second-order valence-electron chi connectivity index (χ2n) is 4.60. The molecule has 0 aliphatic heterocycles. The van der Waals surface area contributed by atoms with Crippen LogP contribution >= 0.6 is 0 Å². The van der Waals surface area contributed by atoms with Crippen molar-refractivity contribution in [1.82, 2.24) is 5.32 Å². The summed E-state index contributed by atoms with van der Waals surface area (Å²) in [7, 11) is 0. The molecule has 0 heterocycles. The van der Waals surface area contributed by atoms with E-state index in [9.17, 15) is 14.3 Å². The zero-order chi connectivity index (χ0) is 13.7. The number of primary amides is 1. The Morgan fingerprint density at radius 1 is 1.39 bits per heavy atom. The van der Waals surface area contributed by atoms with E-state index < -0.39 is 18.1 Å². The maximum Gasteiger partial charge on any atom is 0.234 e. The Kier molecular flexibility index (Phi) is 5.25. The van der Waals surface area contributed by atoms with Gasteiger partial charge in [-0.1, -0.05) is 26.0 Å². The predicted molar refractivity (Wildman–Crippen MR) is 67.2 cm³/mol. The monoisotopic (exact) mass is 254 g/mol. The predicted octanol–water partition coefficient (Wildman–Crippen LogP) is 0.959. The van der Waals surface area contributed by atoms with Crippen LogP contribution in [-0.4, -0.2) is 23.6 Å². The fourth-order valence-electron chi connectivity index (χ4n) is 1.71. The van der Waals surface area contributed by atoms with Crippen molar-refractivity contribution in [3.8, 4) is 0 Å². The number of benzene rings is 1. The summed E-state index contributed by atoms with van der Waals surface area (Å²) in [6, 6.07) is 5.10. The average Bonchev–Trinajstić information content (AvgIpc) is 2.28. The van der Waals surface area contributed by atoms with Crippen LogP contribution in [0, 0.1) is 11.7 Å². The third-order valence-electron chi connectivity index (χ3n) is 2.76. The molecule has 2 unspecified atom stereocenters. The Labute approximate surface area is 106 Å². The maximum atomic E-state index is 12.7. The lowest BCUT2D eigenvalue weighted by atomic mass is 10.0. The summed E-state index contributed by atoms with van der Waals surface area (Å²) >= 11 is 0. The summed E-state index contributed by atoms with van der Waals surface area (Å²) in [6.07, 6.45) is -0.800. The third-order valence-corrected chi connectivity index (χ3v) is 2.76. The summed E-state index contributed by atoms with van der Waals surface area (Å²) in [5.74, 6) is -0.754. The minimum Gasteiger partial charge on any atom is -0.387 e. The Balaban J connectivity index is 2.57. The van der Waals surface area contributed by atoms with E-state index in [0.29, 0.717) is 5.56 Å². The highest BCUT2D eigenvalue weighted by atomic mass is 19.1. The smallest absolute Gasteiger partial charge is 0.234 e. The number of aliphatic hydroxyl groups excluding tert-OH is 1. The van der Waals surface area contributed by atoms with Crippen molar-refractivity contribution in [3.05, 3.63) is 35.6 Å². The van der Waals surface area contributed by atoms with Crippen molar-refractivity contribution in [3.63, 3.8) is 0 Å². The summed E-state index contributed by atoms with van der Waals surface area (Å²) in [4.78, 5) is 11.2. The number of nitrogens with one attached hydrogen (secondary N) is 1. The first-order chi connectivity index (χ1) is 8.41. The van der Waals surface area contributed by atoms with Gasteiger partial charge in [-0.05, 0) is 23.6 Å². The Hall–Kier alpha value is -1.46. The lowest BCUT2D eigenvalue weighted by molar-refractivity contribution is -0.121.